The first-order valence-electron chi connectivity index (χ1n) is 4.44. The van der Waals surface area contributed by atoms with E-state index in [1.54, 1.807) is 6.20 Å². The number of aryl methyl sites for hydroxylation is 1. The molecule has 0 atom stereocenters. The molecule has 0 radical (unpaired) electrons. The molecule has 6 heteroatoms. The van der Waals surface area contributed by atoms with Crippen LogP contribution < -0.4 is 5.56 Å². The highest BCUT2D eigenvalue weighted by molar-refractivity contribution is 7.15. The van der Waals surface area contributed by atoms with Crippen molar-refractivity contribution < 1.29 is 5.11 Å². The van der Waals surface area contributed by atoms with Crippen LogP contribution in [0.4, 0.5) is 0 Å². The highest BCUT2D eigenvalue weighted by atomic mass is 32.1. The van der Waals surface area contributed by atoms with Crippen molar-refractivity contribution in [1.82, 2.24) is 15.0 Å². The molecule has 15 heavy (non-hydrogen) atoms. The monoisotopic (exact) mass is 223 g/mol. The molecule has 0 saturated heterocycles. The molecular weight excluding hydrogens is 214 g/mol. The minimum Gasteiger partial charge on any atom is -0.501 e. The first kappa shape index (κ1) is 9.85. The topological polar surface area (TPSA) is 78.9 Å². The summed E-state index contributed by atoms with van der Waals surface area (Å²) in [7, 11) is 0. The van der Waals surface area contributed by atoms with E-state index in [1.165, 1.54) is 17.7 Å². The molecule has 0 bridgehead atoms. The first-order valence-corrected chi connectivity index (χ1v) is 5.25. The summed E-state index contributed by atoms with van der Waals surface area (Å²) in [6.07, 6.45) is 3.86. The predicted molar refractivity (Wildman–Crippen MR) is 57.0 cm³/mol. The normalized spacial score (nSPS) is 10.5. The summed E-state index contributed by atoms with van der Waals surface area (Å²) in [5, 5.41) is 10.1. The van der Waals surface area contributed by atoms with E-state index >= 15 is 0 Å². The van der Waals surface area contributed by atoms with Gasteiger partial charge in [-0.15, -0.1) is 11.3 Å². The van der Waals surface area contributed by atoms with Gasteiger partial charge in [0.05, 0.1) is 6.33 Å². The van der Waals surface area contributed by atoms with Crippen LogP contribution in [0, 0.1) is 0 Å². The molecule has 2 rings (SSSR count). The highest BCUT2D eigenvalue weighted by Gasteiger charge is 2.12. The largest absolute Gasteiger partial charge is 0.501 e. The maximum absolute atomic E-state index is 11.1. The van der Waals surface area contributed by atoms with Gasteiger partial charge in [0.15, 0.2) is 0 Å². The minimum absolute atomic E-state index is 0.239. The first-order chi connectivity index (χ1) is 7.22. The van der Waals surface area contributed by atoms with Crippen molar-refractivity contribution in [2.75, 3.05) is 0 Å². The van der Waals surface area contributed by atoms with Crippen LogP contribution in [0.15, 0.2) is 17.3 Å². The Labute approximate surface area is 89.5 Å². The van der Waals surface area contributed by atoms with E-state index in [0.717, 1.165) is 11.3 Å². The van der Waals surface area contributed by atoms with Crippen LogP contribution in [-0.2, 0) is 6.42 Å². The Morgan fingerprint density at radius 1 is 1.53 bits per heavy atom. The van der Waals surface area contributed by atoms with Gasteiger partial charge in [0, 0.05) is 11.1 Å². The van der Waals surface area contributed by atoms with Crippen molar-refractivity contribution in [1.29, 1.82) is 0 Å². The lowest BCUT2D eigenvalue weighted by atomic mass is 10.4. The Balaban J connectivity index is 2.54. The Morgan fingerprint density at radius 2 is 2.33 bits per heavy atom. The van der Waals surface area contributed by atoms with Gasteiger partial charge in [-0.2, -0.15) is 0 Å². The molecule has 0 unspecified atom stereocenters. The Bertz CT molecular complexity index is 532. The van der Waals surface area contributed by atoms with Gasteiger partial charge in [-0.05, 0) is 6.42 Å². The molecule has 2 aromatic rings. The van der Waals surface area contributed by atoms with Gasteiger partial charge < -0.3 is 10.1 Å². The predicted octanol–water partition coefficient (Wildman–Crippen LogP) is 1.16. The number of hydrogen-bond acceptors (Lipinski definition) is 5. The molecule has 0 fully saturated rings. The summed E-state index contributed by atoms with van der Waals surface area (Å²) in [6.45, 7) is 2.02. The Kier molecular flexibility index (Phi) is 2.51. The summed E-state index contributed by atoms with van der Waals surface area (Å²) in [5.41, 5.74) is -0.309. The Hall–Kier alpha value is -1.69. The summed E-state index contributed by atoms with van der Waals surface area (Å²) in [5.74, 6) is -0.380. The van der Waals surface area contributed by atoms with Gasteiger partial charge >= 0.3 is 0 Å². The molecule has 0 aliphatic rings. The molecule has 0 aromatic carbocycles. The van der Waals surface area contributed by atoms with E-state index in [-0.39, 0.29) is 11.4 Å². The van der Waals surface area contributed by atoms with E-state index in [1.807, 2.05) is 6.92 Å². The summed E-state index contributed by atoms with van der Waals surface area (Å²) in [6, 6.07) is 0. The van der Waals surface area contributed by atoms with Gasteiger partial charge in [-0.1, -0.05) is 6.92 Å². The van der Waals surface area contributed by atoms with Crippen LogP contribution >= 0.6 is 11.3 Å². The fourth-order valence-electron chi connectivity index (χ4n) is 1.13. The Morgan fingerprint density at radius 3 is 3.00 bits per heavy atom. The summed E-state index contributed by atoms with van der Waals surface area (Å²) < 4.78 is 0. The third-order valence-electron chi connectivity index (χ3n) is 1.93. The molecule has 2 N–H and O–H groups in total. The maximum atomic E-state index is 11.1. The molecular formula is C9H9N3O2S. The fraction of sp³-hybridized carbons (Fsp3) is 0.222. The van der Waals surface area contributed by atoms with Crippen LogP contribution in [-0.4, -0.2) is 20.1 Å². The molecule has 0 aliphatic heterocycles. The maximum Gasteiger partial charge on any atom is 0.293 e. The van der Waals surface area contributed by atoms with Gasteiger partial charge in [0.2, 0.25) is 5.75 Å². The van der Waals surface area contributed by atoms with E-state index in [2.05, 4.69) is 15.0 Å². The number of nitrogens with one attached hydrogen (secondary N) is 1. The third kappa shape index (κ3) is 1.75. The van der Waals surface area contributed by atoms with Crippen molar-refractivity contribution in [2.24, 2.45) is 0 Å². The molecule has 2 aromatic heterocycles. The number of nitrogens with zero attached hydrogens (tertiary/aromatic N) is 2. The van der Waals surface area contributed by atoms with Crippen LogP contribution in [0.3, 0.4) is 0 Å². The zero-order valence-electron chi connectivity index (χ0n) is 8.02. The average Bonchev–Trinajstić information content (AvgIpc) is 2.70. The molecule has 0 spiro atoms. The lowest BCUT2D eigenvalue weighted by Gasteiger charge is -1.96. The van der Waals surface area contributed by atoms with Gasteiger partial charge in [-0.25, -0.2) is 9.97 Å². The van der Waals surface area contributed by atoms with Gasteiger partial charge in [0.25, 0.3) is 5.56 Å². The highest BCUT2D eigenvalue weighted by Crippen LogP contribution is 2.27. The van der Waals surface area contributed by atoms with E-state index < -0.39 is 5.56 Å². The van der Waals surface area contributed by atoms with Gasteiger partial charge in [-0.3, -0.25) is 4.79 Å². The van der Waals surface area contributed by atoms with Crippen LogP contribution in [0.1, 0.15) is 11.8 Å². The molecule has 0 aliphatic carbocycles. The quantitative estimate of drug-likeness (QED) is 0.800. The van der Waals surface area contributed by atoms with Crippen LogP contribution in [0.25, 0.3) is 10.7 Å². The van der Waals surface area contributed by atoms with Crippen molar-refractivity contribution in [3.05, 3.63) is 27.8 Å². The number of aromatic nitrogens is 3. The smallest absolute Gasteiger partial charge is 0.293 e. The van der Waals surface area contributed by atoms with Crippen molar-refractivity contribution >= 4 is 11.3 Å². The van der Waals surface area contributed by atoms with Crippen molar-refractivity contribution in [3.63, 3.8) is 0 Å². The molecule has 5 nitrogen and oxygen atoms in total. The minimum atomic E-state index is -0.548. The SMILES string of the molecule is CCc1cnc(-c2nc[nH]c(=O)c2O)s1. The van der Waals surface area contributed by atoms with Crippen molar-refractivity contribution in [2.45, 2.75) is 13.3 Å². The number of thiazole rings is 1. The van der Waals surface area contributed by atoms with E-state index in [4.69, 9.17) is 0 Å². The second-order valence-corrected chi connectivity index (χ2v) is 4.03. The number of aromatic hydroxyl groups is 1. The molecule has 78 valence electrons. The van der Waals surface area contributed by atoms with Crippen LogP contribution in [0.2, 0.25) is 0 Å². The summed E-state index contributed by atoms with van der Waals surface area (Å²) >= 11 is 1.42. The number of H-pyrrole nitrogens is 1. The number of rotatable bonds is 2. The second-order valence-electron chi connectivity index (χ2n) is 2.91. The standard InChI is InChI=1S/C9H9N3O2S/c1-2-5-3-10-9(15-5)6-7(13)8(14)12-4-11-6/h3-4,13H,2H2,1H3,(H,11,12,14). The zero-order valence-corrected chi connectivity index (χ0v) is 8.84. The average molecular weight is 223 g/mol. The number of aromatic amines is 1. The number of hydrogen-bond donors (Lipinski definition) is 2. The van der Waals surface area contributed by atoms with Crippen molar-refractivity contribution in [3.8, 4) is 16.5 Å². The van der Waals surface area contributed by atoms with Gasteiger partial charge in [0.1, 0.15) is 10.7 Å². The molecule has 0 saturated carbocycles. The summed E-state index contributed by atoms with van der Waals surface area (Å²) in [4.78, 5) is 22.5. The van der Waals surface area contributed by atoms with E-state index in [0.29, 0.717) is 5.01 Å². The third-order valence-corrected chi connectivity index (χ3v) is 3.08. The zero-order chi connectivity index (χ0) is 10.8. The lowest BCUT2D eigenvalue weighted by molar-refractivity contribution is 0.465. The second kappa shape index (κ2) is 3.82. The molecule has 2 heterocycles. The lowest BCUT2D eigenvalue weighted by Crippen LogP contribution is -2.06. The van der Waals surface area contributed by atoms with Crippen LogP contribution in [0.5, 0.6) is 5.75 Å². The fourth-order valence-corrected chi connectivity index (χ4v) is 1.98. The van der Waals surface area contributed by atoms with E-state index in [9.17, 15) is 9.90 Å². The molecule has 0 amide bonds.